The number of nitrogens with two attached hydrogens (primary N) is 1. The Hall–Kier alpha value is -3.26. The lowest BCUT2D eigenvalue weighted by molar-refractivity contribution is -0.648. The molecule has 0 spiro atoms. The average molecular weight is 422 g/mol. The van der Waals surface area contributed by atoms with Gasteiger partial charge in [-0.25, -0.2) is 4.57 Å². The third-order valence-corrected chi connectivity index (χ3v) is 5.89. The van der Waals surface area contributed by atoms with Crippen molar-refractivity contribution in [3.63, 3.8) is 0 Å². The van der Waals surface area contributed by atoms with Crippen molar-refractivity contribution in [2.45, 2.75) is 32.7 Å². The second-order valence-corrected chi connectivity index (χ2v) is 8.04. The molecule has 3 aromatic heterocycles. The van der Waals surface area contributed by atoms with E-state index in [0.717, 1.165) is 25.2 Å². The molecular formula is C23H29N6O2+. The third-order valence-electron chi connectivity index (χ3n) is 5.89. The molecule has 8 heteroatoms. The number of rotatable bonds is 6. The SMILES string of the molecule is C=CC[n+]1c(N)c(C(=O)NCCN2CCCCC2)cc2c(=O)n3cccc(C)c3nc21. The van der Waals surface area contributed by atoms with Crippen LogP contribution in [0, 0.1) is 6.92 Å². The summed E-state index contributed by atoms with van der Waals surface area (Å²) in [6.07, 6.45) is 7.05. The molecule has 8 nitrogen and oxygen atoms in total. The number of hydrogen-bond acceptors (Lipinski definition) is 5. The number of pyridine rings is 2. The molecular weight excluding hydrogens is 392 g/mol. The maximum absolute atomic E-state index is 13.2. The van der Waals surface area contributed by atoms with Crippen LogP contribution in [0.15, 0.2) is 41.8 Å². The first kappa shape index (κ1) is 21.0. The lowest BCUT2D eigenvalue weighted by atomic mass is 10.1. The molecule has 3 N–H and O–H groups in total. The van der Waals surface area contributed by atoms with Crippen LogP contribution in [0.2, 0.25) is 0 Å². The van der Waals surface area contributed by atoms with E-state index in [2.05, 4.69) is 16.8 Å². The molecule has 0 atom stereocenters. The zero-order valence-electron chi connectivity index (χ0n) is 17.9. The predicted molar refractivity (Wildman–Crippen MR) is 121 cm³/mol. The first-order valence-electron chi connectivity index (χ1n) is 10.8. The van der Waals surface area contributed by atoms with Crippen LogP contribution < -0.4 is 21.2 Å². The molecule has 162 valence electrons. The lowest BCUT2D eigenvalue weighted by Gasteiger charge is -2.26. The van der Waals surface area contributed by atoms with Crippen molar-refractivity contribution in [1.82, 2.24) is 19.6 Å². The Balaban J connectivity index is 1.73. The van der Waals surface area contributed by atoms with Crippen molar-refractivity contribution in [2.75, 3.05) is 31.9 Å². The molecule has 0 unspecified atom stereocenters. The van der Waals surface area contributed by atoms with E-state index >= 15 is 0 Å². The van der Waals surface area contributed by atoms with Crippen LogP contribution in [0.4, 0.5) is 5.82 Å². The van der Waals surface area contributed by atoms with Gasteiger partial charge in [0.25, 0.3) is 17.1 Å². The van der Waals surface area contributed by atoms with E-state index in [9.17, 15) is 9.59 Å². The van der Waals surface area contributed by atoms with Gasteiger partial charge in [0.1, 0.15) is 10.9 Å². The molecule has 4 heterocycles. The molecule has 1 saturated heterocycles. The van der Waals surface area contributed by atoms with Crippen molar-refractivity contribution < 1.29 is 9.36 Å². The smallest absolute Gasteiger partial charge is 0.278 e. The quantitative estimate of drug-likeness (QED) is 0.357. The summed E-state index contributed by atoms with van der Waals surface area (Å²) in [4.78, 5) is 33.2. The number of allylic oxidation sites excluding steroid dienone is 1. The summed E-state index contributed by atoms with van der Waals surface area (Å²) in [5.74, 6) is -0.0179. The maximum Gasteiger partial charge on any atom is 0.278 e. The van der Waals surface area contributed by atoms with Crippen molar-refractivity contribution in [3.05, 3.63) is 58.5 Å². The Morgan fingerprint density at radius 2 is 2.13 bits per heavy atom. The van der Waals surface area contributed by atoms with Crippen molar-refractivity contribution >= 4 is 28.4 Å². The zero-order chi connectivity index (χ0) is 22.0. The highest BCUT2D eigenvalue weighted by Gasteiger charge is 2.24. The minimum absolute atomic E-state index is 0.233. The fraction of sp³-hybridized carbons (Fsp3) is 0.391. The van der Waals surface area contributed by atoms with Gasteiger partial charge in [0, 0.05) is 24.8 Å². The fourth-order valence-electron chi connectivity index (χ4n) is 4.21. The summed E-state index contributed by atoms with van der Waals surface area (Å²) in [7, 11) is 0. The lowest BCUT2D eigenvalue weighted by Crippen LogP contribution is -2.43. The largest absolute Gasteiger partial charge is 0.351 e. The number of anilines is 1. The van der Waals surface area contributed by atoms with Gasteiger partial charge in [-0.15, -0.1) is 0 Å². The number of fused-ring (bicyclic) bond motifs is 2. The number of nitrogens with zero attached hydrogens (tertiary/aromatic N) is 4. The Morgan fingerprint density at radius 1 is 1.35 bits per heavy atom. The molecule has 1 aliphatic heterocycles. The number of carbonyl (C=O) groups excluding carboxylic acids is 1. The highest BCUT2D eigenvalue weighted by Crippen LogP contribution is 2.16. The van der Waals surface area contributed by atoms with Crippen molar-refractivity contribution in [3.8, 4) is 0 Å². The van der Waals surface area contributed by atoms with E-state index in [1.807, 2.05) is 13.0 Å². The minimum atomic E-state index is -0.289. The molecule has 31 heavy (non-hydrogen) atoms. The number of aryl methyl sites for hydroxylation is 1. The Labute approximate surface area is 181 Å². The van der Waals surface area contributed by atoms with Crippen LogP contribution >= 0.6 is 0 Å². The second-order valence-electron chi connectivity index (χ2n) is 8.04. The number of aromatic nitrogens is 3. The molecule has 3 aromatic rings. The number of piperidine rings is 1. The first-order chi connectivity index (χ1) is 15.0. The van der Waals surface area contributed by atoms with Gasteiger partial charge in [-0.05, 0) is 45.0 Å². The van der Waals surface area contributed by atoms with Crippen molar-refractivity contribution in [1.29, 1.82) is 0 Å². The van der Waals surface area contributed by atoms with Crippen LogP contribution in [0.5, 0.6) is 0 Å². The monoisotopic (exact) mass is 421 g/mol. The highest BCUT2D eigenvalue weighted by atomic mass is 16.1. The number of amides is 1. The van der Waals surface area contributed by atoms with E-state index in [1.165, 1.54) is 23.7 Å². The van der Waals surface area contributed by atoms with E-state index in [0.29, 0.717) is 29.8 Å². The third kappa shape index (κ3) is 4.03. The van der Waals surface area contributed by atoms with Crippen LogP contribution in [0.1, 0.15) is 35.2 Å². The average Bonchev–Trinajstić information content (AvgIpc) is 2.77. The number of hydrogen-bond donors (Lipinski definition) is 2. The van der Waals surface area contributed by atoms with Gasteiger partial charge in [0.2, 0.25) is 11.5 Å². The standard InChI is InChI=1S/C23H28N6O2/c1-3-10-28-19(24)17(22(30)25-9-14-27-11-5-4-6-12-27)15-18-21(28)26-20-16(2)8-7-13-29(20)23(18)31/h3,7-8,13,15,24H,1,4-6,9-12,14H2,2H3,(H,25,30)/p+1. The van der Waals surface area contributed by atoms with Gasteiger partial charge in [0.15, 0.2) is 0 Å². The molecule has 0 aliphatic carbocycles. The molecule has 1 aliphatic rings. The number of carbonyl (C=O) groups is 1. The second kappa shape index (κ2) is 8.85. The first-order valence-corrected chi connectivity index (χ1v) is 10.8. The number of likely N-dealkylation sites (tertiary alicyclic amines) is 1. The van der Waals surface area contributed by atoms with Crippen molar-refractivity contribution in [2.24, 2.45) is 0 Å². The Kier molecular flexibility index (Phi) is 5.99. The summed E-state index contributed by atoms with van der Waals surface area (Å²) in [6, 6.07) is 5.27. The molecule has 1 fully saturated rings. The van der Waals surface area contributed by atoms with Gasteiger partial charge in [-0.1, -0.05) is 30.1 Å². The zero-order valence-corrected chi connectivity index (χ0v) is 17.9. The normalized spacial score (nSPS) is 14.7. The highest BCUT2D eigenvalue weighted by molar-refractivity contribution is 6.00. The predicted octanol–water partition coefficient (Wildman–Crippen LogP) is 1.43. The summed E-state index contributed by atoms with van der Waals surface area (Å²) in [5, 5.41) is 3.31. The van der Waals surface area contributed by atoms with Crippen LogP contribution in [-0.4, -0.2) is 46.4 Å². The number of nitrogen functional groups attached to an aromatic ring is 1. The minimum Gasteiger partial charge on any atom is -0.351 e. The van der Waals surface area contributed by atoms with Crippen LogP contribution in [-0.2, 0) is 6.54 Å². The maximum atomic E-state index is 13.2. The number of nitrogens with one attached hydrogen (secondary N) is 1. The Morgan fingerprint density at radius 3 is 2.87 bits per heavy atom. The van der Waals surface area contributed by atoms with Gasteiger partial charge >= 0.3 is 0 Å². The molecule has 0 bridgehead atoms. The summed E-state index contributed by atoms with van der Waals surface area (Å²) in [5.41, 5.74) is 8.31. The van der Waals surface area contributed by atoms with Gasteiger partial charge in [-0.3, -0.25) is 14.0 Å². The Bertz CT molecular complexity index is 1210. The fourth-order valence-corrected chi connectivity index (χ4v) is 4.21. The van der Waals surface area contributed by atoms with Gasteiger partial charge < -0.3 is 16.0 Å². The van der Waals surface area contributed by atoms with E-state index in [4.69, 9.17) is 10.7 Å². The molecule has 1 amide bonds. The van der Waals surface area contributed by atoms with Gasteiger partial charge in [0.05, 0.1) is 6.54 Å². The summed E-state index contributed by atoms with van der Waals surface area (Å²) in [6.45, 7) is 9.51. The summed E-state index contributed by atoms with van der Waals surface area (Å²) < 4.78 is 3.18. The van der Waals surface area contributed by atoms with Crippen LogP contribution in [0.25, 0.3) is 16.7 Å². The van der Waals surface area contributed by atoms with Crippen LogP contribution in [0.3, 0.4) is 0 Å². The van der Waals surface area contributed by atoms with E-state index in [1.54, 1.807) is 29.0 Å². The van der Waals surface area contributed by atoms with E-state index in [-0.39, 0.29) is 22.8 Å². The topological polar surface area (TPSA) is 96.6 Å². The molecule has 0 saturated carbocycles. The molecule has 0 radical (unpaired) electrons. The summed E-state index contributed by atoms with van der Waals surface area (Å²) >= 11 is 0. The molecule has 4 rings (SSSR count). The van der Waals surface area contributed by atoms with E-state index < -0.39 is 0 Å². The van der Waals surface area contributed by atoms with Gasteiger partial charge in [-0.2, -0.15) is 0 Å². The molecule has 0 aromatic carbocycles.